The van der Waals surface area contributed by atoms with Gasteiger partial charge in [0.1, 0.15) is 0 Å². The fourth-order valence-electron chi connectivity index (χ4n) is 6.58. The van der Waals surface area contributed by atoms with Crippen LogP contribution in [0, 0.1) is 0 Å². The van der Waals surface area contributed by atoms with Crippen molar-refractivity contribution in [2.24, 2.45) is 0 Å². The van der Waals surface area contributed by atoms with Gasteiger partial charge in [-0.25, -0.2) is 0 Å². The van der Waals surface area contributed by atoms with Crippen LogP contribution < -0.4 is 0 Å². The third-order valence-electron chi connectivity index (χ3n) is 8.70. The zero-order valence-electron chi connectivity index (χ0n) is 24.6. The highest BCUT2D eigenvalue weighted by Gasteiger charge is 2.13. The molecule has 0 fully saturated rings. The maximum Gasteiger partial charge on any atom is -0.00821 e. The summed E-state index contributed by atoms with van der Waals surface area (Å²) < 4.78 is 0. The summed E-state index contributed by atoms with van der Waals surface area (Å²) in [4.78, 5) is 0. The smallest absolute Gasteiger partial charge is 0.00821 e. The number of rotatable bonds is 4. The molecule has 0 atom stereocenters. The summed E-state index contributed by atoms with van der Waals surface area (Å²) in [6, 6.07) is 42.2. The topological polar surface area (TPSA) is 0 Å². The molecule has 0 nitrogen and oxygen atoms in total. The normalized spacial score (nSPS) is 15.0. The van der Waals surface area contributed by atoms with Crippen molar-refractivity contribution >= 4 is 39.3 Å². The number of benzene rings is 6. The number of hydrogen-bond donors (Lipinski definition) is 0. The molecule has 7 rings (SSSR count). The van der Waals surface area contributed by atoms with Gasteiger partial charge in [-0.2, -0.15) is 0 Å². The van der Waals surface area contributed by atoms with Crippen LogP contribution in [0.25, 0.3) is 61.5 Å². The highest BCUT2D eigenvalue weighted by Crippen LogP contribution is 2.37. The molecular weight excluding hydrogens is 516 g/mol. The highest BCUT2D eigenvalue weighted by molar-refractivity contribution is 6.15. The Morgan fingerprint density at radius 2 is 1.16 bits per heavy atom. The van der Waals surface area contributed by atoms with E-state index in [1.54, 1.807) is 0 Å². The SMILES string of the molecule is C=Cc1c(/C=C\C)c2ccccc2c2cc(-c3ccc(C4=C/Cc5ccccc5-c5ccccc5C/C=C\4)cc3)ccc12. The van der Waals surface area contributed by atoms with Crippen LogP contribution in [-0.4, -0.2) is 0 Å². The van der Waals surface area contributed by atoms with Crippen LogP contribution in [0.3, 0.4) is 0 Å². The van der Waals surface area contributed by atoms with Crippen LogP contribution in [-0.2, 0) is 12.8 Å². The first-order valence-corrected chi connectivity index (χ1v) is 15.1. The van der Waals surface area contributed by atoms with E-state index in [-0.39, 0.29) is 0 Å². The highest BCUT2D eigenvalue weighted by atomic mass is 14.2. The molecule has 0 saturated heterocycles. The first-order chi connectivity index (χ1) is 21.2. The Hall–Kier alpha value is -5.20. The molecule has 206 valence electrons. The van der Waals surface area contributed by atoms with Crippen molar-refractivity contribution in [2.45, 2.75) is 19.8 Å². The summed E-state index contributed by atoms with van der Waals surface area (Å²) >= 11 is 0. The maximum absolute atomic E-state index is 4.17. The van der Waals surface area contributed by atoms with E-state index in [0.29, 0.717) is 0 Å². The third kappa shape index (κ3) is 4.96. The summed E-state index contributed by atoms with van der Waals surface area (Å²) in [6.45, 7) is 6.24. The Bertz CT molecular complexity index is 2080. The molecule has 0 N–H and O–H groups in total. The van der Waals surface area contributed by atoms with Gasteiger partial charge in [-0.15, -0.1) is 0 Å². The summed E-state index contributed by atoms with van der Waals surface area (Å²) in [6.07, 6.45) is 15.1. The Balaban J connectivity index is 1.27. The van der Waals surface area contributed by atoms with Crippen LogP contribution >= 0.6 is 0 Å². The van der Waals surface area contributed by atoms with Gasteiger partial charge in [0.2, 0.25) is 0 Å². The van der Waals surface area contributed by atoms with Gasteiger partial charge >= 0.3 is 0 Å². The van der Waals surface area contributed by atoms with Crippen molar-refractivity contribution in [1.82, 2.24) is 0 Å². The van der Waals surface area contributed by atoms with Crippen LogP contribution in [0.1, 0.15) is 34.7 Å². The summed E-state index contributed by atoms with van der Waals surface area (Å²) in [5.74, 6) is 0. The molecule has 0 saturated carbocycles. The quantitative estimate of drug-likeness (QED) is 0.192. The molecule has 6 aromatic carbocycles. The van der Waals surface area contributed by atoms with E-state index >= 15 is 0 Å². The second-order valence-corrected chi connectivity index (χ2v) is 11.2. The van der Waals surface area contributed by atoms with E-state index in [4.69, 9.17) is 0 Å². The molecule has 0 unspecified atom stereocenters. The van der Waals surface area contributed by atoms with Crippen LogP contribution in [0.4, 0.5) is 0 Å². The summed E-state index contributed by atoms with van der Waals surface area (Å²) in [5, 5.41) is 5.03. The average Bonchev–Trinajstić information content (AvgIpc) is 3.07. The lowest BCUT2D eigenvalue weighted by atomic mass is 9.89. The minimum absolute atomic E-state index is 0.893. The van der Waals surface area contributed by atoms with E-state index in [0.717, 1.165) is 12.8 Å². The van der Waals surface area contributed by atoms with Crippen LogP contribution in [0.5, 0.6) is 0 Å². The molecule has 0 heteroatoms. The van der Waals surface area contributed by atoms with Gasteiger partial charge in [0.05, 0.1) is 0 Å². The van der Waals surface area contributed by atoms with E-state index in [2.05, 4.69) is 159 Å². The Kier molecular flexibility index (Phi) is 7.19. The predicted octanol–water partition coefficient (Wildman–Crippen LogP) is 11.7. The molecule has 0 radical (unpaired) electrons. The van der Waals surface area contributed by atoms with Crippen molar-refractivity contribution in [3.8, 4) is 22.3 Å². The van der Waals surface area contributed by atoms with Crippen LogP contribution in [0.2, 0.25) is 0 Å². The predicted molar refractivity (Wildman–Crippen MR) is 188 cm³/mol. The molecule has 0 amide bonds. The second-order valence-electron chi connectivity index (χ2n) is 11.2. The maximum atomic E-state index is 4.17. The van der Waals surface area contributed by atoms with Crippen molar-refractivity contribution in [2.75, 3.05) is 0 Å². The van der Waals surface area contributed by atoms with Gasteiger partial charge in [-0.05, 0) is 103 Å². The lowest BCUT2D eigenvalue weighted by Gasteiger charge is -2.15. The van der Waals surface area contributed by atoms with Crippen molar-refractivity contribution < 1.29 is 0 Å². The zero-order chi connectivity index (χ0) is 29.2. The molecule has 0 bridgehead atoms. The monoisotopic (exact) mass is 550 g/mol. The number of hydrogen-bond acceptors (Lipinski definition) is 0. The molecule has 0 spiro atoms. The summed E-state index contributed by atoms with van der Waals surface area (Å²) in [7, 11) is 0. The number of allylic oxidation sites excluding steroid dienone is 5. The zero-order valence-corrected chi connectivity index (χ0v) is 24.6. The van der Waals surface area contributed by atoms with Gasteiger partial charge in [0, 0.05) is 0 Å². The summed E-state index contributed by atoms with van der Waals surface area (Å²) in [5.41, 5.74) is 12.8. The lowest BCUT2D eigenvalue weighted by molar-refractivity contribution is 1.23. The van der Waals surface area contributed by atoms with E-state index < -0.39 is 0 Å². The average molecular weight is 551 g/mol. The molecule has 1 aliphatic carbocycles. The van der Waals surface area contributed by atoms with Gasteiger partial charge < -0.3 is 0 Å². The largest absolute Gasteiger partial charge is 0.0984 e. The first-order valence-electron chi connectivity index (χ1n) is 15.1. The van der Waals surface area contributed by atoms with Gasteiger partial charge in [-0.3, -0.25) is 0 Å². The van der Waals surface area contributed by atoms with Gasteiger partial charge in [0.15, 0.2) is 0 Å². The van der Waals surface area contributed by atoms with Gasteiger partial charge in [-0.1, -0.05) is 152 Å². The Labute approximate surface area is 254 Å². The lowest BCUT2D eigenvalue weighted by Crippen LogP contribution is -1.95. The van der Waals surface area contributed by atoms with E-state index in [1.807, 2.05) is 6.08 Å². The van der Waals surface area contributed by atoms with Crippen molar-refractivity contribution in [1.29, 1.82) is 0 Å². The number of fused-ring (bicyclic) bond motifs is 6. The molecule has 43 heavy (non-hydrogen) atoms. The Morgan fingerprint density at radius 1 is 0.558 bits per heavy atom. The third-order valence-corrected chi connectivity index (χ3v) is 8.70. The fourth-order valence-corrected chi connectivity index (χ4v) is 6.58. The fraction of sp³-hybridized carbons (Fsp3) is 0.0698. The van der Waals surface area contributed by atoms with E-state index in [1.165, 1.54) is 77.2 Å². The first kappa shape index (κ1) is 26.7. The minimum Gasteiger partial charge on any atom is -0.0984 e. The van der Waals surface area contributed by atoms with Gasteiger partial charge in [0.25, 0.3) is 0 Å². The minimum atomic E-state index is 0.893. The molecule has 6 aromatic rings. The molecule has 0 aromatic heterocycles. The molecule has 0 heterocycles. The standard InChI is InChI=1S/C43H34/c1-3-12-39-36(4-2)42-28-27-35(29-43(42)41-20-10-9-19-40(39)41)32-23-21-31(22-24-32)30-15-11-16-33-13-5-7-17-37(33)38-18-8-6-14-34(38)26-25-30/h3-15,17-25,27-29H,2,16,26H2,1H3/b12-3-,15-11-,30-25+. The molecule has 0 aliphatic heterocycles. The van der Waals surface area contributed by atoms with E-state index in [9.17, 15) is 0 Å². The Morgan fingerprint density at radius 3 is 1.88 bits per heavy atom. The second kappa shape index (κ2) is 11.6. The van der Waals surface area contributed by atoms with Crippen molar-refractivity contribution in [3.63, 3.8) is 0 Å². The van der Waals surface area contributed by atoms with Crippen molar-refractivity contribution in [3.05, 3.63) is 174 Å². The molecule has 1 aliphatic rings. The van der Waals surface area contributed by atoms with Crippen LogP contribution in [0.15, 0.2) is 146 Å². The molecular formula is C43H34.